The van der Waals surface area contributed by atoms with E-state index in [1.54, 1.807) is 0 Å². The zero-order valence-corrected chi connectivity index (χ0v) is 29.4. The van der Waals surface area contributed by atoms with Gasteiger partial charge in [-0.15, -0.1) is 0 Å². The molecule has 3 aromatic heterocycles. The maximum absolute atomic E-state index is 9.69. The summed E-state index contributed by atoms with van der Waals surface area (Å²) in [7, 11) is 0. The Morgan fingerprint density at radius 2 is 0.909 bits per heavy atom. The van der Waals surface area contributed by atoms with Crippen LogP contribution in [0.1, 0.15) is 11.1 Å². The number of aromatic nitrogens is 2. The zero-order chi connectivity index (χ0) is 36.6. The number of para-hydroxylation sites is 2. The van der Waals surface area contributed by atoms with Gasteiger partial charge in [0.1, 0.15) is 11.2 Å². The summed E-state index contributed by atoms with van der Waals surface area (Å²) in [6.45, 7) is 0. The molecule has 5 nitrogen and oxygen atoms in total. The van der Waals surface area contributed by atoms with Crippen molar-refractivity contribution in [2.45, 2.75) is 0 Å². The minimum Gasteiger partial charge on any atom is -0.456 e. The molecule has 0 aliphatic rings. The molecule has 0 atom stereocenters. The summed E-state index contributed by atoms with van der Waals surface area (Å²) in [4.78, 5) is 0. The van der Waals surface area contributed by atoms with E-state index in [1.165, 1.54) is 10.8 Å². The van der Waals surface area contributed by atoms with Gasteiger partial charge in [0, 0.05) is 43.7 Å². The van der Waals surface area contributed by atoms with Crippen molar-refractivity contribution < 1.29 is 4.42 Å². The first kappa shape index (κ1) is 30.7. The molecule has 0 aliphatic carbocycles. The molecule has 55 heavy (non-hydrogen) atoms. The number of benzene rings is 8. The third kappa shape index (κ3) is 4.58. The molecule has 0 aliphatic heterocycles. The summed E-state index contributed by atoms with van der Waals surface area (Å²) in [6.07, 6.45) is 0. The number of nitrogens with zero attached hydrogens (tertiary/aromatic N) is 4. The van der Waals surface area contributed by atoms with E-state index in [9.17, 15) is 10.5 Å². The molecule has 0 saturated carbocycles. The summed E-state index contributed by atoms with van der Waals surface area (Å²) in [6, 6.07) is 63.3. The summed E-state index contributed by atoms with van der Waals surface area (Å²) in [5.41, 5.74) is 13.7. The van der Waals surface area contributed by atoms with Gasteiger partial charge in [-0.3, -0.25) is 0 Å². The van der Waals surface area contributed by atoms with Crippen molar-refractivity contribution in [1.29, 1.82) is 10.5 Å². The van der Waals surface area contributed by atoms with Crippen molar-refractivity contribution in [3.05, 3.63) is 181 Å². The van der Waals surface area contributed by atoms with Crippen LogP contribution in [0, 0.1) is 22.7 Å². The van der Waals surface area contributed by atoms with Crippen LogP contribution in [0.15, 0.2) is 174 Å². The highest BCUT2D eigenvalue weighted by Gasteiger charge is 2.20. The highest BCUT2D eigenvalue weighted by molar-refractivity contribution is 6.27. The highest BCUT2D eigenvalue weighted by Crippen LogP contribution is 2.42. The first-order valence-corrected chi connectivity index (χ1v) is 18.2. The Morgan fingerprint density at radius 1 is 0.382 bits per heavy atom. The molecule has 0 amide bonds. The molecule has 0 radical (unpaired) electrons. The summed E-state index contributed by atoms with van der Waals surface area (Å²) < 4.78 is 10.9. The molecular formula is C50H28N4O. The Balaban J connectivity index is 1.08. The van der Waals surface area contributed by atoms with Crippen LogP contribution in [0.2, 0.25) is 0 Å². The first-order chi connectivity index (χ1) is 27.2. The Hall–Kier alpha value is -7.86. The molecule has 11 aromatic rings. The van der Waals surface area contributed by atoms with E-state index in [0.717, 1.165) is 88.4 Å². The van der Waals surface area contributed by atoms with Gasteiger partial charge in [0.05, 0.1) is 45.3 Å². The van der Waals surface area contributed by atoms with E-state index >= 15 is 0 Å². The van der Waals surface area contributed by atoms with Gasteiger partial charge in [-0.1, -0.05) is 84.9 Å². The Kier molecular flexibility index (Phi) is 6.61. The normalized spacial score (nSPS) is 11.6. The SMILES string of the molecule is N#Cc1ccc2c(c1)c1cc(C#N)ccc1n2-c1cccc(-c2ccccc2-c2cccc(-n3c4ccccc4c4c5c(ccc43)oc3ccccc35)c2)c1. The van der Waals surface area contributed by atoms with Crippen molar-refractivity contribution in [3.63, 3.8) is 0 Å². The lowest BCUT2D eigenvalue weighted by molar-refractivity contribution is 0.669. The van der Waals surface area contributed by atoms with Gasteiger partial charge in [0.15, 0.2) is 0 Å². The second-order valence-electron chi connectivity index (χ2n) is 14.0. The lowest BCUT2D eigenvalue weighted by Gasteiger charge is -2.15. The molecular weight excluding hydrogens is 673 g/mol. The summed E-state index contributed by atoms with van der Waals surface area (Å²) in [5, 5.41) is 25.9. The fourth-order valence-electron chi connectivity index (χ4n) is 8.60. The second-order valence-corrected chi connectivity index (χ2v) is 14.0. The molecule has 0 spiro atoms. The van der Waals surface area contributed by atoms with Gasteiger partial charge in [-0.05, 0) is 107 Å². The Morgan fingerprint density at radius 3 is 1.55 bits per heavy atom. The van der Waals surface area contributed by atoms with Crippen LogP contribution in [0.4, 0.5) is 0 Å². The maximum Gasteiger partial charge on any atom is 0.136 e. The van der Waals surface area contributed by atoms with E-state index in [-0.39, 0.29) is 0 Å². The largest absolute Gasteiger partial charge is 0.456 e. The Labute approximate surface area is 315 Å². The maximum atomic E-state index is 9.69. The van der Waals surface area contributed by atoms with Crippen molar-refractivity contribution in [2.75, 3.05) is 0 Å². The quantitative estimate of drug-likeness (QED) is 0.183. The smallest absolute Gasteiger partial charge is 0.136 e. The predicted molar refractivity (Wildman–Crippen MR) is 223 cm³/mol. The van der Waals surface area contributed by atoms with E-state index in [0.29, 0.717) is 11.1 Å². The standard InChI is InChI=1S/C50H28N4O/c51-29-31-19-21-44-41(25-31)42-26-32(30-52)20-22-45(42)53(44)35-11-7-9-33(27-35)37-13-1-2-14-38(37)34-10-8-12-36(28-34)54-43-17-5-3-15-39(43)49-46(54)23-24-48-50(49)40-16-4-6-18-47(40)55-48/h1-28H. The first-order valence-electron chi connectivity index (χ1n) is 18.2. The lowest BCUT2D eigenvalue weighted by Crippen LogP contribution is -1.96. The molecule has 11 rings (SSSR count). The van der Waals surface area contributed by atoms with Gasteiger partial charge in [-0.2, -0.15) is 10.5 Å². The van der Waals surface area contributed by atoms with Crippen molar-refractivity contribution in [3.8, 4) is 45.8 Å². The van der Waals surface area contributed by atoms with Gasteiger partial charge in [-0.25, -0.2) is 0 Å². The minimum absolute atomic E-state index is 0.586. The lowest BCUT2D eigenvalue weighted by atomic mass is 9.94. The Bertz CT molecular complexity index is 3400. The second kappa shape index (κ2) is 11.8. The molecule has 0 bridgehead atoms. The third-order valence-corrected chi connectivity index (χ3v) is 11.0. The summed E-state index contributed by atoms with van der Waals surface area (Å²) in [5.74, 6) is 0. The van der Waals surface area contributed by atoms with Gasteiger partial charge < -0.3 is 13.6 Å². The number of hydrogen-bond acceptors (Lipinski definition) is 3. The zero-order valence-electron chi connectivity index (χ0n) is 29.4. The van der Waals surface area contributed by atoms with Crippen LogP contribution >= 0.6 is 0 Å². The number of rotatable bonds is 4. The van der Waals surface area contributed by atoms with Crippen molar-refractivity contribution in [2.24, 2.45) is 0 Å². The number of furan rings is 1. The topological polar surface area (TPSA) is 70.6 Å². The van der Waals surface area contributed by atoms with Crippen LogP contribution in [0.25, 0.3) is 99.2 Å². The molecule has 8 aromatic carbocycles. The molecule has 5 heteroatoms. The monoisotopic (exact) mass is 700 g/mol. The highest BCUT2D eigenvalue weighted by atomic mass is 16.3. The van der Waals surface area contributed by atoms with E-state index < -0.39 is 0 Å². The number of hydrogen-bond donors (Lipinski definition) is 0. The van der Waals surface area contributed by atoms with E-state index in [1.807, 2.05) is 48.5 Å². The fourth-order valence-corrected chi connectivity index (χ4v) is 8.60. The van der Waals surface area contributed by atoms with Crippen LogP contribution < -0.4 is 0 Å². The van der Waals surface area contributed by atoms with E-state index in [4.69, 9.17) is 4.42 Å². The van der Waals surface area contributed by atoms with E-state index in [2.05, 4.69) is 143 Å². The minimum atomic E-state index is 0.586. The average molecular weight is 701 g/mol. The molecule has 254 valence electrons. The van der Waals surface area contributed by atoms with Gasteiger partial charge >= 0.3 is 0 Å². The molecule has 0 fully saturated rings. The molecule has 0 saturated heterocycles. The molecule has 0 unspecified atom stereocenters. The van der Waals surface area contributed by atoms with Crippen LogP contribution in [-0.2, 0) is 0 Å². The molecule has 0 N–H and O–H groups in total. The van der Waals surface area contributed by atoms with Crippen LogP contribution in [0.3, 0.4) is 0 Å². The predicted octanol–water partition coefficient (Wildman–Crippen LogP) is 12.9. The van der Waals surface area contributed by atoms with Crippen molar-refractivity contribution in [1.82, 2.24) is 9.13 Å². The summed E-state index contributed by atoms with van der Waals surface area (Å²) >= 11 is 0. The van der Waals surface area contributed by atoms with Crippen LogP contribution in [0.5, 0.6) is 0 Å². The van der Waals surface area contributed by atoms with Gasteiger partial charge in [0.25, 0.3) is 0 Å². The van der Waals surface area contributed by atoms with Gasteiger partial charge in [0.2, 0.25) is 0 Å². The molecule has 3 heterocycles. The van der Waals surface area contributed by atoms with Crippen molar-refractivity contribution >= 4 is 65.6 Å². The number of fused-ring (bicyclic) bond motifs is 10. The average Bonchev–Trinajstić information content (AvgIpc) is 3.90. The van der Waals surface area contributed by atoms with Crippen LogP contribution in [-0.4, -0.2) is 9.13 Å². The fraction of sp³-hybridized carbons (Fsp3) is 0. The third-order valence-electron chi connectivity index (χ3n) is 11.0. The number of nitriles is 2.